The normalized spacial score (nSPS) is 11.4. The van der Waals surface area contributed by atoms with Crippen molar-refractivity contribution in [1.82, 2.24) is 5.43 Å². The monoisotopic (exact) mass is 412 g/mol. The summed E-state index contributed by atoms with van der Waals surface area (Å²) in [5.41, 5.74) is 3.47. The minimum atomic E-state index is -4.45. The minimum absolute atomic E-state index is 0.215. The van der Waals surface area contributed by atoms with Crippen molar-refractivity contribution >= 4 is 12.1 Å². The van der Waals surface area contributed by atoms with Crippen molar-refractivity contribution in [2.75, 3.05) is 0 Å². The molecule has 0 atom stereocenters. The van der Waals surface area contributed by atoms with Gasteiger partial charge in [-0.05, 0) is 29.3 Å². The lowest BCUT2D eigenvalue weighted by atomic mass is 10.1. The van der Waals surface area contributed by atoms with Crippen LogP contribution in [0.25, 0.3) is 0 Å². The highest BCUT2D eigenvalue weighted by Crippen LogP contribution is 2.29. The molecule has 0 spiro atoms. The van der Waals surface area contributed by atoms with Gasteiger partial charge in [0.25, 0.3) is 0 Å². The number of benzene rings is 3. The molecule has 0 saturated heterocycles. The van der Waals surface area contributed by atoms with Crippen molar-refractivity contribution in [3.05, 3.63) is 101 Å². The highest BCUT2D eigenvalue weighted by Gasteiger charge is 2.30. The number of hydrogen-bond donors (Lipinski definition) is 1. The van der Waals surface area contributed by atoms with Gasteiger partial charge in [-0.25, -0.2) is 5.43 Å². The van der Waals surface area contributed by atoms with E-state index in [4.69, 9.17) is 4.74 Å². The Labute approximate surface area is 172 Å². The number of rotatable bonds is 7. The Hall–Kier alpha value is -3.61. The van der Waals surface area contributed by atoms with Gasteiger partial charge < -0.3 is 4.74 Å². The molecule has 0 bridgehead atoms. The number of nitrogens with zero attached hydrogens (tertiary/aromatic N) is 1. The Kier molecular flexibility index (Phi) is 6.85. The first-order valence-corrected chi connectivity index (χ1v) is 9.15. The maximum atomic E-state index is 12.8. The number of hydrazone groups is 1. The fourth-order valence-corrected chi connectivity index (χ4v) is 2.71. The molecule has 0 aliphatic rings. The molecule has 7 heteroatoms. The summed E-state index contributed by atoms with van der Waals surface area (Å²) in [6, 6.07) is 21.5. The first kappa shape index (κ1) is 21.1. The van der Waals surface area contributed by atoms with Crippen LogP contribution < -0.4 is 10.2 Å². The summed E-state index contributed by atoms with van der Waals surface area (Å²) in [4.78, 5) is 12.0. The molecular formula is C23H19F3N2O2. The summed E-state index contributed by atoms with van der Waals surface area (Å²) in [5, 5.41) is 3.90. The number of amides is 1. The second-order valence-corrected chi connectivity index (χ2v) is 6.48. The van der Waals surface area contributed by atoms with Crippen molar-refractivity contribution in [2.45, 2.75) is 19.2 Å². The number of carbonyl (C=O) groups excluding carboxylic acids is 1. The Morgan fingerprint density at radius 3 is 2.40 bits per heavy atom. The van der Waals surface area contributed by atoms with Crippen molar-refractivity contribution in [1.29, 1.82) is 0 Å². The van der Waals surface area contributed by atoms with E-state index in [1.807, 2.05) is 36.4 Å². The van der Waals surface area contributed by atoms with Gasteiger partial charge in [0.2, 0.25) is 5.91 Å². The van der Waals surface area contributed by atoms with Crippen LogP contribution in [0.5, 0.6) is 5.75 Å². The molecule has 0 heterocycles. The van der Waals surface area contributed by atoms with Crippen LogP contribution in [-0.2, 0) is 24.0 Å². The molecule has 1 amide bonds. The van der Waals surface area contributed by atoms with Crippen LogP contribution in [0.15, 0.2) is 84.0 Å². The zero-order chi connectivity index (χ0) is 21.4. The van der Waals surface area contributed by atoms with Crippen molar-refractivity contribution < 1.29 is 22.7 Å². The van der Waals surface area contributed by atoms with E-state index in [-0.39, 0.29) is 12.0 Å². The zero-order valence-electron chi connectivity index (χ0n) is 15.9. The van der Waals surface area contributed by atoms with E-state index in [1.165, 1.54) is 18.3 Å². The van der Waals surface area contributed by atoms with Crippen molar-refractivity contribution in [3.8, 4) is 5.75 Å². The lowest BCUT2D eigenvalue weighted by Crippen LogP contribution is -2.20. The first-order valence-electron chi connectivity index (χ1n) is 9.15. The van der Waals surface area contributed by atoms with Gasteiger partial charge in [-0.3, -0.25) is 4.79 Å². The predicted octanol–water partition coefficient (Wildman–Crippen LogP) is 4.98. The minimum Gasteiger partial charge on any atom is -0.488 e. The summed E-state index contributed by atoms with van der Waals surface area (Å²) in [7, 11) is 0. The first-order chi connectivity index (χ1) is 14.4. The molecule has 4 nitrogen and oxygen atoms in total. The molecule has 0 aliphatic carbocycles. The number of nitrogens with one attached hydrogen (secondary N) is 1. The van der Waals surface area contributed by atoms with E-state index in [9.17, 15) is 18.0 Å². The predicted molar refractivity (Wildman–Crippen MR) is 108 cm³/mol. The molecule has 3 aromatic rings. The molecule has 154 valence electrons. The van der Waals surface area contributed by atoms with Crippen LogP contribution in [0.3, 0.4) is 0 Å². The van der Waals surface area contributed by atoms with Gasteiger partial charge in [-0.15, -0.1) is 0 Å². The number of carbonyl (C=O) groups is 1. The molecule has 0 saturated carbocycles. The van der Waals surface area contributed by atoms with Crippen LogP contribution in [0.1, 0.15) is 22.3 Å². The smallest absolute Gasteiger partial charge is 0.416 e. The fraction of sp³-hybridized carbons (Fsp3) is 0.130. The summed E-state index contributed by atoms with van der Waals surface area (Å²) in [6.45, 7) is 0.383. The second kappa shape index (κ2) is 9.73. The van der Waals surface area contributed by atoms with E-state index in [1.54, 1.807) is 18.2 Å². The van der Waals surface area contributed by atoms with Gasteiger partial charge in [-0.2, -0.15) is 18.3 Å². The topological polar surface area (TPSA) is 50.7 Å². The quantitative estimate of drug-likeness (QED) is 0.440. The van der Waals surface area contributed by atoms with Crippen molar-refractivity contribution in [2.24, 2.45) is 5.10 Å². The van der Waals surface area contributed by atoms with Crippen LogP contribution in [0, 0.1) is 0 Å². The van der Waals surface area contributed by atoms with Gasteiger partial charge in [0.15, 0.2) is 0 Å². The van der Waals surface area contributed by atoms with Gasteiger partial charge in [-0.1, -0.05) is 60.7 Å². The van der Waals surface area contributed by atoms with Gasteiger partial charge in [0.05, 0.1) is 18.2 Å². The van der Waals surface area contributed by atoms with E-state index in [0.29, 0.717) is 17.9 Å². The number of halogens is 3. The maximum Gasteiger partial charge on any atom is 0.416 e. The molecule has 1 N–H and O–H groups in total. The highest BCUT2D eigenvalue weighted by molar-refractivity contribution is 5.85. The standard InChI is InChI=1S/C23H19F3N2O2/c24-23(25,26)20-11-6-9-18(13-20)14-22(29)28-27-15-19-10-4-5-12-21(19)30-16-17-7-2-1-3-8-17/h1-13,15H,14,16H2,(H,28,29)/b27-15-. The molecule has 0 radical (unpaired) electrons. The lowest BCUT2D eigenvalue weighted by molar-refractivity contribution is -0.137. The second-order valence-electron chi connectivity index (χ2n) is 6.48. The van der Waals surface area contributed by atoms with Crippen LogP contribution in [-0.4, -0.2) is 12.1 Å². The highest BCUT2D eigenvalue weighted by atomic mass is 19.4. The molecule has 3 aromatic carbocycles. The zero-order valence-corrected chi connectivity index (χ0v) is 15.9. The molecule has 30 heavy (non-hydrogen) atoms. The maximum absolute atomic E-state index is 12.8. The molecule has 0 unspecified atom stereocenters. The molecule has 0 aliphatic heterocycles. The Bertz CT molecular complexity index is 1020. The van der Waals surface area contributed by atoms with Gasteiger partial charge >= 0.3 is 6.18 Å². The van der Waals surface area contributed by atoms with E-state index in [0.717, 1.165) is 17.7 Å². The number of alkyl halides is 3. The van der Waals surface area contributed by atoms with Crippen LogP contribution >= 0.6 is 0 Å². The van der Waals surface area contributed by atoms with E-state index < -0.39 is 17.6 Å². The lowest BCUT2D eigenvalue weighted by Gasteiger charge is -2.09. The molecule has 0 aromatic heterocycles. The van der Waals surface area contributed by atoms with Crippen molar-refractivity contribution in [3.63, 3.8) is 0 Å². The fourth-order valence-electron chi connectivity index (χ4n) is 2.71. The third kappa shape index (κ3) is 6.20. The summed E-state index contributed by atoms with van der Waals surface area (Å²) in [5.74, 6) is 0.0745. The number of ether oxygens (including phenoxy) is 1. The third-order valence-corrected chi connectivity index (χ3v) is 4.17. The van der Waals surface area contributed by atoms with Crippen LogP contribution in [0.2, 0.25) is 0 Å². The van der Waals surface area contributed by atoms with E-state index >= 15 is 0 Å². The number of hydrogen-bond acceptors (Lipinski definition) is 3. The average molecular weight is 412 g/mol. The van der Waals surface area contributed by atoms with Gasteiger partial charge in [0, 0.05) is 5.56 Å². The molecular weight excluding hydrogens is 393 g/mol. The Morgan fingerprint density at radius 2 is 1.63 bits per heavy atom. The van der Waals surface area contributed by atoms with Gasteiger partial charge in [0.1, 0.15) is 12.4 Å². The average Bonchev–Trinajstić information content (AvgIpc) is 2.73. The molecule has 3 rings (SSSR count). The SMILES string of the molecule is O=C(Cc1cccc(C(F)(F)F)c1)N/N=C\c1ccccc1OCc1ccccc1. The summed E-state index contributed by atoms with van der Waals surface area (Å²) in [6.07, 6.45) is -3.23. The largest absolute Gasteiger partial charge is 0.488 e. The Morgan fingerprint density at radius 1 is 0.933 bits per heavy atom. The third-order valence-electron chi connectivity index (χ3n) is 4.17. The summed E-state index contributed by atoms with van der Waals surface area (Å²) >= 11 is 0. The molecule has 0 fully saturated rings. The summed E-state index contributed by atoms with van der Waals surface area (Å²) < 4.78 is 44.1. The number of para-hydroxylation sites is 1. The van der Waals surface area contributed by atoms with Crippen LogP contribution in [0.4, 0.5) is 13.2 Å². The van der Waals surface area contributed by atoms with E-state index in [2.05, 4.69) is 10.5 Å². The Balaban J connectivity index is 1.58.